The number of piperazine rings is 1. The lowest BCUT2D eigenvalue weighted by molar-refractivity contribution is -0.187. The second kappa shape index (κ2) is 11.6. The van der Waals surface area contributed by atoms with E-state index in [1.807, 2.05) is 6.07 Å². The number of amides is 1. The third kappa shape index (κ3) is 7.77. The van der Waals surface area contributed by atoms with Gasteiger partial charge in [-0.2, -0.15) is 13.2 Å². The number of nitrogens with zero attached hydrogens (tertiary/aromatic N) is 3. The van der Waals surface area contributed by atoms with Crippen LogP contribution >= 0.6 is 11.9 Å². The van der Waals surface area contributed by atoms with Gasteiger partial charge in [0.05, 0.1) is 6.61 Å². The molecule has 37 heavy (non-hydrogen) atoms. The van der Waals surface area contributed by atoms with Crippen molar-refractivity contribution in [1.82, 2.24) is 9.29 Å². The number of benzene rings is 1. The zero-order valence-electron chi connectivity index (χ0n) is 21.3. The maximum atomic E-state index is 13.2. The molecule has 0 bridgehead atoms. The summed E-state index contributed by atoms with van der Waals surface area (Å²) in [7, 11) is 0. The minimum atomic E-state index is -4.41. The molecule has 1 aromatic heterocycles. The van der Waals surface area contributed by atoms with Crippen molar-refractivity contribution in [3.63, 3.8) is 0 Å². The fraction of sp³-hybridized carbons (Fsp3) is 0.462. The van der Waals surface area contributed by atoms with E-state index in [1.54, 1.807) is 64.0 Å². The average molecular weight is 537 g/mol. The van der Waals surface area contributed by atoms with Gasteiger partial charge < -0.3 is 14.4 Å². The zero-order valence-corrected chi connectivity index (χ0v) is 22.1. The van der Waals surface area contributed by atoms with E-state index in [9.17, 15) is 18.0 Å². The molecule has 11 heteroatoms. The zero-order chi connectivity index (χ0) is 27.3. The molecule has 0 spiro atoms. The summed E-state index contributed by atoms with van der Waals surface area (Å²) in [6, 6.07) is 10.1. The Labute approximate surface area is 219 Å². The highest BCUT2D eigenvalue weighted by Gasteiger charge is 2.67. The maximum absolute atomic E-state index is 13.2. The van der Waals surface area contributed by atoms with Crippen molar-refractivity contribution < 1.29 is 27.4 Å². The Hall–Kier alpha value is -2.94. The van der Waals surface area contributed by atoms with Crippen LogP contribution in [0.15, 0.2) is 47.5 Å². The molecule has 2 aliphatic rings. The number of alkyl halides is 3. The molecular weight excluding hydrogens is 505 g/mol. The molecule has 1 unspecified atom stereocenters. The van der Waals surface area contributed by atoms with Gasteiger partial charge in [0.25, 0.3) is 0 Å². The number of ether oxygens (including phenoxy) is 2. The van der Waals surface area contributed by atoms with Crippen LogP contribution in [0.4, 0.5) is 29.5 Å². The van der Waals surface area contributed by atoms with Gasteiger partial charge in [-0.15, -0.1) is 12.3 Å². The van der Waals surface area contributed by atoms with E-state index in [-0.39, 0.29) is 12.2 Å². The van der Waals surface area contributed by atoms with Crippen LogP contribution in [0, 0.1) is 12.3 Å². The molecule has 1 amide bonds. The number of terminal acetylenes is 1. The molecule has 0 aliphatic carbocycles. The Morgan fingerprint density at radius 2 is 1.73 bits per heavy atom. The predicted octanol–water partition coefficient (Wildman–Crippen LogP) is 5.69. The molecule has 4 rings (SSSR count). The lowest BCUT2D eigenvalue weighted by Gasteiger charge is -2.35. The van der Waals surface area contributed by atoms with E-state index in [0.29, 0.717) is 5.82 Å². The van der Waals surface area contributed by atoms with Crippen molar-refractivity contribution in [2.75, 3.05) is 43.0 Å². The second-order valence-corrected chi connectivity index (χ2v) is 10.6. The molecular formula is C26H31F3N4O3S. The SMILES string of the molecule is C#CC.CC(C)(C)OC(=O)Nc1ccc(SN2CCN(c3ccc(C4(C(F)(F)F)CO4)cc3)CC2)cn1. The van der Waals surface area contributed by atoms with Gasteiger partial charge in [0, 0.05) is 43.0 Å². The van der Waals surface area contributed by atoms with Gasteiger partial charge in [-0.3, -0.25) is 5.32 Å². The second-order valence-electron chi connectivity index (χ2n) is 9.46. The smallest absolute Gasteiger partial charge is 0.424 e. The van der Waals surface area contributed by atoms with Gasteiger partial charge >= 0.3 is 12.3 Å². The summed E-state index contributed by atoms with van der Waals surface area (Å²) in [5.74, 6) is 2.66. The third-order valence-electron chi connectivity index (χ3n) is 5.43. The molecule has 2 aromatic rings. The van der Waals surface area contributed by atoms with Gasteiger partial charge in [0.1, 0.15) is 11.4 Å². The van der Waals surface area contributed by atoms with E-state index in [1.165, 1.54) is 12.1 Å². The van der Waals surface area contributed by atoms with Crippen LogP contribution in [0.1, 0.15) is 33.3 Å². The molecule has 200 valence electrons. The van der Waals surface area contributed by atoms with E-state index >= 15 is 0 Å². The van der Waals surface area contributed by atoms with Gasteiger partial charge in [0.15, 0.2) is 0 Å². The normalized spacial score (nSPS) is 19.8. The summed E-state index contributed by atoms with van der Waals surface area (Å²) in [4.78, 5) is 19.2. The molecule has 7 nitrogen and oxygen atoms in total. The van der Waals surface area contributed by atoms with Crippen LogP contribution in [0.5, 0.6) is 0 Å². The van der Waals surface area contributed by atoms with Gasteiger partial charge in [0.2, 0.25) is 5.60 Å². The third-order valence-corrected chi connectivity index (χ3v) is 6.50. The minimum Gasteiger partial charge on any atom is -0.444 e. The molecule has 1 aromatic carbocycles. The summed E-state index contributed by atoms with van der Waals surface area (Å²) < 4.78 is 51.9. The number of carbonyl (C=O) groups is 1. The summed E-state index contributed by atoms with van der Waals surface area (Å²) in [5, 5.41) is 2.61. The summed E-state index contributed by atoms with van der Waals surface area (Å²) in [6.45, 7) is 9.76. The quantitative estimate of drug-likeness (QED) is 0.299. The Balaban J connectivity index is 0.00000121. The number of hydrogen-bond donors (Lipinski definition) is 1. The highest BCUT2D eigenvalue weighted by Crippen LogP contribution is 2.51. The first-order chi connectivity index (χ1) is 17.4. The lowest BCUT2D eigenvalue weighted by Crippen LogP contribution is -2.43. The first-order valence-corrected chi connectivity index (χ1v) is 12.5. The Bertz CT molecular complexity index is 1080. The van der Waals surface area contributed by atoms with Gasteiger partial charge in [-0.1, -0.05) is 12.1 Å². The molecule has 2 fully saturated rings. The maximum Gasteiger partial charge on any atom is 0.424 e. The number of epoxide rings is 1. The fourth-order valence-corrected chi connectivity index (χ4v) is 4.48. The molecule has 2 aliphatic heterocycles. The van der Waals surface area contributed by atoms with Crippen molar-refractivity contribution >= 4 is 29.5 Å². The Morgan fingerprint density at radius 3 is 2.19 bits per heavy atom. The number of nitrogens with one attached hydrogen (secondary N) is 1. The Morgan fingerprint density at radius 1 is 1.14 bits per heavy atom. The van der Waals surface area contributed by atoms with Crippen LogP contribution in [-0.2, 0) is 15.1 Å². The van der Waals surface area contributed by atoms with E-state index in [0.717, 1.165) is 36.8 Å². The molecule has 3 heterocycles. The van der Waals surface area contributed by atoms with E-state index in [2.05, 4.69) is 31.8 Å². The van der Waals surface area contributed by atoms with Gasteiger partial charge in [-0.05, 0) is 69.5 Å². The predicted molar refractivity (Wildman–Crippen MR) is 138 cm³/mol. The van der Waals surface area contributed by atoms with Crippen LogP contribution < -0.4 is 10.2 Å². The van der Waals surface area contributed by atoms with Crippen LogP contribution in [0.3, 0.4) is 0 Å². The molecule has 2 saturated heterocycles. The number of carbonyl (C=O) groups excluding carboxylic acids is 1. The highest BCUT2D eigenvalue weighted by atomic mass is 32.2. The lowest BCUT2D eigenvalue weighted by atomic mass is 9.99. The fourth-order valence-electron chi connectivity index (χ4n) is 3.61. The number of anilines is 2. The topological polar surface area (TPSA) is 70.2 Å². The van der Waals surface area contributed by atoms with Crippen molar-refractivity contribution in [1.29, 1.82) is 0 Å². The van der Waals surface area contributed by atoms with Crippen LogP contribution in [0.25, 0.3) is 0 Å². The summed E-state index contributed by atoms with van der Waals surface area (Å²) >= 11 is 1.57. The first-order valence-electron chi connectivity index (χ1n) is 11.7. The van der Waals surface area contributed by atoms with Crippen molar-refractivity contribution in [3.05, 3.63) is 48.2 Å². The highest BCUT2D eigenvalue weighted by molar-refractivity contribution is 7.97. The van der Waals surface area contributed by atoms with Crippen LogP contribution in [0.2, 0.25) is 0 Å². The molecule has 1 atom stereocenters. The largest absolute Gasteiger partial charge is 0.444 e. The Kier molecular flexibility index (Phi) is 9.00. The molecule has 0 radical (unpaired) electrons. The summed E-state index contributed by atoms with van der Waals surface area (Å²) in [5.41, 5.74) is -1.67. The summed E-state index contributed by atoms with van der Waals surface area (Å²) in [6.07, 6.45) is 1.33. The minimum absolute atomic E-state index is 0.148. The number of rotatable bonds is 5. The number of pyridine rings is 1. The van der Waals surface area contributed by atoms with Crippen molar-refractivity contribution in [2.45, 2.75) is 50.0 Å². The number of hydrogen-bond acceptors (Lipinski definition) is 7. The van der Waals surface area contributed by atoms with Gasteiger partial charge in [-0.25, -0.2) is 14.1 Å². The van der Waals surface area contributed by atoms with E-state index in [4.69, 9.17) is 9.47 Å². The first kappa shape index (κ1) is 28.6. The number of halogens is 3. The monoisotopic (exact) mass is 536 g/mol. The standard InChI is InChI=1S/C23H27F3N4O3S.C3H4/c1-21(2,3)33-20(31)28-19-9-8-18(14-27-19)34-30-12-10-29(11-13-30)17-6-4-16(5-7-17)22(15-32-22)23(24,25)26;1-3-2/h4-9,14H,10-13,15H2,1-3H3,(H,27,28,31);1H,2H3. The van der Waals surface area contributed by atoms with Crippen LogP contribution in [-0.4, -0.2) is 59.9 Å². The average Bonchev–Trinajstić information content (AvgIpc) is 3.63. The van der Waals surface area contributed by atoms with E-state index < -0.39 is 23.5 Å². The number of aromatic nitrogens is 1. The molecule has 0 saturated carbocycles. The van der Waals surface area contributed by atoms with Crippen molar-refractivity contribution in [3.8, 4) is 12.3 Å². The molecule has 1 N–H and O–H groups in total. The van der Waals surface area contributed by atoms with Crippen molar-refractivity contribution in [2.24, 2.45) is 0 Å².